The molecule has 2 N–H and O–H groups in total. The molecule has 98 valence electrons. The van der Waals surface area contributed by atoms with E-state index in [0.717, 1.165) is 25.3 Å². The average molecular weight is 269 g/mol. The highest BCUT2D eigenvalue weighted by atomic mass is 35.5. The molecule has 1 saturated heterocycles. The Hall–Kier alpha value is -1.26. The second-order valence-electron chi connectivity index (χ2n) is 4.68. The molecule has 2 aliphatic rings. The molecule has 18 heavy (non-hydrogen) atoms. The second-order valence-corrected chi connectivity index (χ2v) is 4.68. The van der Waals surface area contributed by atoms with E-state index in [1.54, 1.807) is 0 Å². The minimum Gasteiger partial charge on any atom is -0.491 e. The first-order valence-electron chi connectivity index (χ1n) is 6.05. The topological polar surface area (TPSA) is 50.4 Å². The van der Waals surface area contributed by atoms with E-state index in [1.807, 2.05) is 18.2 Å². The summed E-state index contributed by atoms with van der Waals surface area (Å²) in [7, 11) is 0. The minimum atomic E-state index is 0. The van der Waals surface area contributed by atoms with Crippen LogP contribution < -0.4 is 15.4 Å². The molecule has 1 aromatic rings. The maximum Gasteiger partial charge on any atom is 0.226 e. The first-order valence-corrected chi connectivity index (χ1v) is 6.05. The number of hydrogen-bond donors (Lipinski definition) is 2. The van der Waals surface area contributed by atoms with Crippen molar-refractivity contribution < 1.29 is 9.53 Å². The number of rotatable bonds is 2. The van der Waals surface area contributed by atoms with Crippen LogP contribution in [0.4, 0.5) is 0 Å². The summed E-state index contributed by atoms with van der Waals surface area (Å²) in [5, 5.41) is 6.16. The van der Waals surface area contributed by atoms with Crippen molar-refractivity contribution in [1.29, 1.82) is 0 Å². The quantitative estimate of drug-likeness (QED) is 0.832. The summed E-state index contributed by atoms with van der Waals surface area (Å²) in [6.45, 7) is 2.18. The van der Waals surface area contributed by atoms with Gasteiger partial charge in [0, 0.05) is 13.1 Å². The van der Waals surface area contributed by atoms with Crippen LogP contribution in [0.3, 0.4) is 0 Å². The highest BCUT2D eigenvalue weighted by Gasteiger charge is 2.28. The van der Waals surface area contributed by atoms with Crippen molar-refractivity contribution in [2.75, 3.05) is 19.7 Å². The summed E-state index contributed by atoms with van der Waals surface area (Å²) in [6.07, 6.45) is 0.863. The highest BCUT2D eigenvalue weighted by Crippen LogP contribution is 2.24. The number of benzene rings is 1. The Balaban J connectivity index is 0.00000120. The smallest absolute Gasteiger partial charge is 0.226 e. The zero-order valence-electron chi connectivity index (χ0n) is 10.0. The van der Waals surface area contributed by atoms with Gasteiger partial charge in [0.15, 0.2) is 0 Å². The molecule has 4 nitrogen and oxygen atoms in total. The monoisotopic (exact) mass is 268 g/mol. The van der Waals surface area contributed by atoms with E-state index >= 15 is 0 Å². The molecule has 3 rings (SSSR count). The summed E-state index contributed by atoms with van der Waals surface area (Å²) in [6, 6.07) is 8.11. The lowest BCUT2D eigenvalue weighted by atomic mass is 9.99. The van der Waals surface area contributed by atoms with Crippen molar-refractivity contribution in [1.82, 2.24) is 10.6 Å². The first kappa shape index (κ1) is 13.2. The van der Waals surface area contributed by atoms with Crippen LogP contribution in [0.15, 0.2) is 24.3 Å². The van der Waals surface area contributed by atoms with Crippen LogP contribution in [0.2, 0.25) is 0 Å². The van der Waals surface area contributed by atoms with E-state index in [4.69, 9.17) is 4.74 Å². The summed E-state index contributed by atoms with van der Waals surface area (Å²) >= 11 is 0. The summed E-state index contributed by atoms with van der Waals surface area (Å²) in [5.74, 6) is 1.24. The molecule has 0 spiro atoms. The van der Waals surface area contributed by atoms with Crippen LogP contribution >= 0.6 is 12.4 Å². The summed E-state index contributed by atoms with van der Waals surface area (Å²) in [4.78, 5) is 11.8. The van der Waals surface area contributed by atoms with Crippen molar-refractivity contribution in [3.63, 3.8) is 0 Å². The minimum absolute atomic E-state index is 0. The molecule has 2 heterocycles. The molecule has 0 bridgehead atoms. The highest BCUT2D eigenvalue weighted by molar-refractivity contribution is 5.85. The van der Waals surface area contributed by atoms with Gasteiger partial charge in [0.25, 0.3) is 0 Å². The Morgan fingerprint density at radius 2 is 2.11 bits per heavy atom. The molecule has 0 saturated carbocycles. The van der Waals surface area contributed by atoms with E-state index in [9.17, 15) is 4.79 Å². The van der Waals surface area contributed by atoms with Gasteiger partial charge in [0.1, 0.15) is 12.4 Å². The van der Waals surface area contributed by atoms with Gasteiger partial charge in [-0.15, -0.1) is 12.4 Å². The van der Waals surface area contributed by atoms with Gasteiger partial charge in [-0.2, -0.15) is 0 Å². The maximum absolute atomic E-state index is 11.8. The lowest BCUT2D eigenvalue weighted by Crippen LogP contribution is -2.54. The molecule has 0 aliphatic carbocycles. The molecule has 5 heteroatoms. The maximum atomic E-state index is 11.8. The van der Waals surface area contributed by atoms with Crippen molar-refractivity contribution in [3.8, 4) is 5.75 Å². The van der Waals surface area contributed by atoms with Crippen molar-refractivity contribution in [2.45, 2.75) is 12.5 Å². The molecule has 1 fully saturated rings. The van der Waals surface area contributed by atoms with Crippen LogP contribution in [0, 0.1) is 5.92 Å². The van der Waals surface area contributed by atoms with Crippen LogP contribution in [0.5, 0.6) is 5.75 Å². The van der Waals surface area contributed by atoms with Crippen LogP contribution in [0.25, 0.3) is 0 Å². The van der Waals surface area contributed by atoms with Gasteiger partial charge >= 0.3 is 0 Å². The van der Waals surface area contributed by atoms with Gasteiger partial charge in [0.05, 0.1) is 12.0 Å². The molecule has 1 aromatic carbocycles. The molecule has 0 aromatic heterocycles. The van der Waals surface area contributed by atoms with Gasteiger partial charge in [-0.1, -0.05) is 18.2 Å². The van der Waals surface area contributed by atoms with E-state index in [1.165, 1.54) is 5.56 Å². The molecule has 1 atom stereocenters. The molecule has 1 unspecified atom stereocenters. The third-order valence-electron chi connectivity index (χ3n) is 3.38. The summed E-state index contributed by atoms with van der Waals surface area (Å²) < 4.78 is 5.64. The number of carbonyl (C=O) groups excluding carboxylic acids is 1. The predicted molar refractivity (Wildman–Crippen MR) is 71.2 cm³/mol. The Kier molecular flexibility index (Phi) is 4.09. The fraction of sp³-hybridized carbons (Fsp3) is 0.462. The average Bonchev–Trinajstić information content (AvgIpc) is 2.26. The van der Waals surface area contributed by atoms with Crippen molar-refractivity contribution in [3.05, 3.63) is 29.8 Å². The fourth-order valence-electron chi connectivity index (χ4n) is 2.21. The Morgan fingerprint density at radius 1 is 1.33 bits per heavy atom. The second kappa shape index (κ2) is 5.59. The van der Waals surface area contributed by atoms with Gasteiger partial charge in [-0.3, -0.25) is 4.79 Å². The molecule has 2 aliphatic heterocycles. The number of para-hydroxylation sites is 1. The number of amides is 1. The van der Waals surface area contributed by atoms with E-state index in [-0.39, 0.29) is 30.3 Å². The van der Waals surface area contributed by atoms with Gasteiger partial charge < -0.3 is 15.4 Å². The van der Waals surface area contributed by atoms with Crippen LogP contribution in [0.1, 0.15) is 5.56 Å². The molecular formula is C13H17ClN2O2. The van der Waals surface area contributed by atoms with Gasteiger partial charge in [0.2, 0.25) is 5.91 Å². The Bertz CT molecular complexity index is 435. The van der Waals surface area contributed by atoms with E-state index < -0.39 is 0 Å². The normalized spacial score (nSPS) is 21.9. The first-order chi connectivity index (χ1) is 8.33. The zero-order chi connectivity index (χ0) is 11.7. The lowest BCUT2D eigenvalue weighted by Gasteiger charge is -2.30. The number of hydrogen-bond acceptors (Lipinski definition) is 3. The zero-order valence-corrected chi connectivity index (χ0v) is 10.8. The largest absolute Gasteiger partial charge is 0.491 e. The summed E-state index contributed by atoms with van der Waals surface area (Å²) in [5.41, 5.74) is 1.18. The third-order valence-corrected chi connectivity index (χ3v) is 3.38. The van der Waals surface area contributed by atoms with E-state index in [0.29, 0.717) is 6.61 Å². The SMILES string of the molecule is Cl.O=C(NC1COc2ccccc2C1)C1CNC1. The van der Waals surface area contributed by atoms with Crippen LogP contribution in [-0.4, -0.2) is 31.6 Å². The number of halogens is 1. The standard InChI is InChI=1S/C13H16N2O2.ClH/c16-13(10-6-14-7-10)15-11-5-9-3-1-2-4-12(9)17-8-11;/h1-4,10-11,14H,5-8H2,(H,15,16);1H. The van der Waals surface area contributed by atoms with E-state index in [2.05, 4.69) is 16.7 Å². The van der Waals surface area contributed by atoms with Gasteiger partial charge in [-0.05, 0) is 18.1 Å². The number of carbonyl (C=O) groups is 1. The number of nitrogens with one attached hydrogen (secondary N) is 2. The number of ether oxygens (including phenoxy) is 1. The molecule has 1 amide bonds. The van der Waals surface area contributed by atoms with Crippen molar-refractivity contribution >= 4 is 18.3 Å². The van der Waals surface area contributed by atoms with Crippen molar-refractivity contribution in [2.24, 2.45) is 5.92 Å². The lowest BCUT2D eigenvalue weighted by molar-refractivity contribution is -0.127. The Morgan fingerprint density at radius 3 is 2.83 bits per heavy atom. The Labute approximate surface area is 113 Å². The van der Waals surface area contributed by atoms with Gasteiger partial charge in [-0.25, -0.2) is 0 Å². The third kappa shape index (κ3) is 2.60. The molecule has 0 radical (unpaired) electrons. The predicted octanol–water partition coefficient (Wildman–Crippen LogP) is 0.747. The van der Waals surface area contributed by atoms with Crippen LogP contribution in [-0.2, 0) is 11.2 Å². The number of fused-ring (bicyclic) bond motifs is 1. The molecular weight excluding hydrogens is 252 g/mol. The fourth-order valence-corrected chi connectivity index (χ4v) is 2.21.